The molecule has 1 aliphatic carbocycles. The zero-order valence-corrected chi connectivity index (χ0v) is 14.5. The number of nitrogens with zero attached hydrogens (tertiary/aromatic N) is 1. The molecule has 2 fully saturated rings. The predicted molar refractivity (Wildman–Crippen MR) is 92.3 cm³/mol. The van der Waals surface area contributed by atoms with E-state index in [1.807, 2.05) is 0 Å². The van der Waals surface area contributed by atoms with Crippen molar-refractivity contribution in [3.05, 3.63) is 24.2 Å². The Hall–Kier alpha value is -2.02. The third-order valence-corrected chi connectivity index (χ3v) is 4.69. The Labute approximate surface area is 148 Å². The molecule has 0 aromatic carbocycles. The molecule has 25 heavy (non-hydrogen) atoms. The number of urea groups is 1. The summed E-state index contributed by atoms with van der Waals surface area (Å²) in [6.45, 7) is 3.47. The van der Waals surface area contributed by atoms with Crippen molar-refractivity contribution in [3.63, 3.8) is 0 Å². The van der Waals surface area contributed by atoms with Crippen LogP contribution in [0.3, 0.4) is 0 Å². The van der Waals surface area contributed by atoms with Crippen LogP contribution < -0.4 is 10.6 Å². The Morgan fingerprint density at radius 3 is 2.72 bits per heavy atom. The van der Waals surface area contributed by atoms with Gasteiger partial charge < -0.3 is 24.7 Å². The number of hydrogen-bond donors (Lipinski definition) is 2. The molecule has 0 atom stereocenters. The van der Waals surface area contributed by atoms with Gasteiger partial charge in [-0.05, 0) is 44.1 Å². The number of carbonyl (C=O) groups is 2. The van der Waals surface area contributed by atoms with E-state index in [-0.39, 0.29) is 18.0 Å². The monoisotopic (exact) mass is 349 g/mol. The summed E-state index contributed by atoms with van der Waals surface area (Å²) in [5, 5.41) is 5.85. The van der Waals surface area contributed by atoms with E-state index in [4.69, 9.17) is 9.15 Å². The van der Waals surface area contributed by atoms with Crippen molar-refractivity contribution in [2.75, 3.05) is 32.8 Å². The van der Waals surface area contributed by atoms with Crippen LogP contribution in [0.2, 0.25) is 0 Å². The van der Waals surface area contributed by atoms with Gasteiger partial charge in [0.25, 0.3) is 5.91 Å². The van der Waals surface area contributed by atoms with Gasteiger partial charge in [-0.2, -0.15) is 0 Å². The van der Waals surface area contributed by atoms with Crippen molar-refractivity contribution in [2.45, 2.75) is 38.1 Å². The second-order valence-corrected chi connectivity index (χ2v) is 6.85. The highest BCUT2D eigenvalue weighted by Gasteiger charge is 2.25. The van der Waals surface area contributed by atoms with Gasteiger partial charge in [0.2, 0.25) is 0 Å². The summed E-state index contributed by atoms with van der Waals surface area (Å²) in [6.07, 6.45) is 7.93. The fourth-order valence-corrected chi connectivity index (χ4v) is 2.94. The second-order valence-electron chi connectivity index (χ2n) is 6.85. The summed E-state index contributed by atoms with van der Waals surface area (Å²) in [4.78, 5) is 25.9. The first kappa shape index (κ1) is 17.8. The molecule has 7 nitrogen and oxygen atoms in total. The summed E-state index contributed by atoms with van der Waals surface area (Å²) >= 11 is 0. The van der Waals surface area contributed by atoms with Gasteiger partial charge in [0.05, 0.1) is 11.8 Å². The molecule has 1 aromatic heterocycles. The smallest absolute Gasteiger partial charge is 0.315 e. The highest BCUT2D eigenvalue weighted by atomic mass is 16.5. The van der Waals surface area contributed by atoms with Crippen LogP contribution in [0, 0.1) is 5.92 Å². The minimum atomic E-state index is -0.137. The van der Waals surface area contributed by atoms with Crippen LogP contribution in [0.4, 0.5) is 4.79 Å². The van der Waals surface area contributed by atoms with Crippen LogP contribution in [0.25, 0.3) is 0 Å². The van der Waals surface area contributed by atoms with Gasteiger partial charge in [0, 0.05) is 38.9 Å². The average molecular weight is 349 g/mol. The van der Waals surface area contributed by atoms with Gasteiger partial charge in [-0.15, -0.1) is 0 Å². The van der Waals surface area contributed by atoms with Crippen LogP contribution >= 0.6 is 0 Å². The number of rotatable bonds is 8. The molecule has 0 spiro atoms. The minimum Gasteiger partial charge on any atom is -0.472 e. The number of piperidine rings is 1. The third kappa shape index (κ3) is 5.77. The molecular formula is C18H27N3O4. The topological polar surface area (TPSA) is 83.8 Å². The summed E-state index contributed by atoms with van der Waals surface area (Å²) in [7, 11) is 0. The molecule has 3 amide bonds. The fourth-order valence-electron chi connectivity index (χ4n) is 2.94. The van der Waals surface area contributed by atoms with E-state index in [1.165, 1.54) is 25.4 Å². The zero-order valence-electron chi connectivity index (χ0n) is 14.5. The van der Waals surface area contributed by atoms with Crippen molar-refractivity contribution in [2.24, 2.45) is 5.92 Å². The number of nitrogens with one attached hydrogen (secondary N) is 2. The van der Waals surface area contributed by atoms with Crippen molar-refractivity contribution < 1.29 is 18.7 Å². The van der Waals surface area contributed by atoms with Gasteiger partial charge in [-0.1, -0.05) is 0 Å². The highest BCUT2D eigenvalue weighted by molar-refractivity contribution is 5.93. The Balaban J connectivity index is 1.25. The average Bonchev–Trinajstić information content (AvgIpc) is 3.28. The van der Waals surface area contributed by atoms with E-state index in [0.29, 0.717) is 31.8 Å². The summed E-state index contributed by atoms with van der Waals surface area (Å²) in [5.41, 5.74) is 0.577. The Kier molecular flexibility index (Phi) is 6.33. The molecule has 0 radical (unpaired) electrons. The second kappa shape index (κ2) is 8.89. The van der Waals surface area contributed by atoms with Crippen molar-refractivity contribution in [3.8, 4) is 0 Å². The molecule has 0 unspecified atom stereocenters. The highest BCUT2D eigenvalue weighted by Crippen LogP contribution is 2.28. The van der Waals surface area contributed by atoms with E-state index in [1.54, 1.807) is 11.0 Å². The number of likely N-dealkylation sites (tertiary alicyclic amines) is 1. The number of hydrogen-bond acceptors (Lipinski definition) is 4. The molecule has 0 bridgehead atoms. The summed E-state index contributed by atoms with van der Waals surface area (Å²) in [6, 6.07) is 1.65. The van der Waals surface area contributed by atoms with Crippen LogP contribution in [-0.4, -0.2) is 55.7 Å². The maximum Gasteiger partial charge on any atom is 0.315 e. The lowest BCUT2D eigenvalue weighted by Gasteiger charge is -2.32. The predicted octanol–water partition coefficient (Wildman–Crippen LogP) is 2.00. The molecule has 2 heterocycles. The lowest BCUT2D eigenvalue weighted by molar-refractivity contribution is 0.0707. The van der Waals surface area contributed by atoms with E-state index in [9.17, 15) is 9.59 Å². The van der Waals surface area contributed by atoms with E-state index < -0.39 is 0 Å². The minimum absolute atomic E-state index is 0.0113. The largest absolute Gasteiger partial charge is 0.472 e. The normalized spacial score (nSPS) is 18.2. The number of amides is 3. The van der Waals surface area contributed by atoms with Gasteiger partial charge in [0.1, 0.15) is 6.26 Å². The van der Waals surface area contributed by atoms with Gasteiger partial charge in [-0.3, -0.25) is 4.79 Å². The molecular weight excluding hydrogens is 322 g/mol. The van der Waals surface area contributed by atoms with Crippen molar-refractivity contribution in [1.29, 1.82) is 0 Å². The van der Waals surface area contributed by atoms with Crippen LogP contribution in [0.1, 0.15) is 42.5 Å². The first-order chi connectivity index (χ1) is 12.2. The molecule has 1 aliphatic heterocycles. The standard InChI is InChI=1S/C18H27N3O4/c22-17(15-6-11-25-13-15)21-8-4-16(5-9-21)20-18(23)19-7-1-10-24-12-14-2-3-14/h6,11,13-14,16H,1-5,7-10,12H2,(H2,19,20,23). The molecule has 2 aliphatic rings. The maximum absolute atomic E-state index is 12.2. The fraction of sp³-hybridized carbons (Fsp3) is 0.667. The summed E-state index contributed by atoms with van der Waals surface area (Å²) < 4.78 is 10.5. The summed E-state index contributed by atoms with van der Waals surface area (Å²) in [5.74, 6) is 0.769. The lowest BCUT2D eigenvalue weighted by atomic mass is 10.0. The Bertz CT molecular complexity index is 549. The number of carbonyl (C=O) groups excluding carboxylic acids is 2. The van der Waals surface area contributed by atoms with Crippen LogP contribution in [0.5, 0.6) is 0 Å². The van der Waals surface area contributed by atoms with E-state index in [0.717, 1.165) is 31.8 Å². The number of furan rings is 1. The van der Waals surface area contributed by atoms with Crippen molar-refractivity contribution >= 4 is 11.9 Å². The van der Waals surface area contributed by atoms with E-state index >= 15 is 0 Å². The van der Waals surface area contributed by atoms with Gasteiger partial charge in [-0.25, -0.2) is 4.79 Å². The Morgan fingerprint density at radius 1 is 1.24 bits per heavy atom. The molecule has 1 saturated carbocycles. The van der Waals surface area contributed by atoms with E-state index in [2.05, 4.69) is 10.6 Å². The molecule has 138 valence electrons. The lowest BCUT2D eigenvalue weighted by Crippen LogP contribution is -2.49. The Morgan fingerprint density at radius 2 is 2.04 bits per heavy atom. The molecule has 3 rings (SSSR count). The van der Waals surface area contributed by atoms with Gasteiger partial charge in [0.15, 0.2) is 0 Å². The van der Waals surface area contributed by atoms with Crippen molar-refractivity contribution in [1.82, 2.24) is 15.5 Å². The molecule has 1 saturated heterocycles. The number of ether oxygens (including phenoxy) is 1. The first-order valence-electron chi connectivity index (χ1n) is 9.16. The zero-order chi connectivity index (χ0) is 17.5. The van der Waals surface area contributed by atoms with Crippen LogP contribution in [-0.2, 0) is 4.74 Å². The molecule has 7 heteroatoms. The SMILES string of the molecule is O=C(NCCCOCC1CC1)NC1CCN(C(=O)c2ccoc2)CC1. The molecule has 2 N–H and O–H groups in total. The van der Waals surface area contributed by atoms with Gasteiger partial charge >= 0.3 is 6.03 Å². The van der Waals surface area contributed by atoms with Crippen LogP contribution in [0.15, 0.2) is 23.0 Å². The quantitative estimate of drug-likeness (QED) is 0.703. The third-order valence-electron chi connectivity index (χ3n) is 4.69. The first-order valence-corrected chi connectivity index (χ1v) is 9.16. The maximum atomic E-state index is 12.2. The molecule has 1 aromatic rings.